The van der Waals surface area contributed by atoms with E-state index in [9.17, 15) is 13.5 Å². The molecule has 2 aliphatic heterocycles. The Labute approximate surface area is 224 Å². The maximum absolute atomic E-state index is 11.7. The van der Waals surface area contributed by atoms with E-state index in [1.807, 2.05) is 12.3 Å². The zero-order valence-electron chi connectivity index (χ0n) is 22.2. The molecule has 0 amide bonds. The van der Waals surface area contributed by atoms with Gasteiger partial charge in [-0.1, -0.05) is 19.9 Å². The highest BCUT2D eigenvalue weighted by atomic mass is 32.2. The lowest BCUT2D eigenvalue weighted by molar-refractivity contribution is 0.0788. The van der Waals surface area contributed by atoms with E-state index >= 15 is 0 Å². The number of sulfone groups is 1. The lowest BCUT2D eigenvalue weighted by Crippen LogP contribution is -2.49. The van der Waals surface area contributed by atoms with E-state index in [0.29, 0.717) is 35.3 Å². The third-order valence-electron chi connectivity index (χ3n) is 8.34. The third-order valence-corrected chi connectivity index (χ3v) is 9.41. The van der Waals surface area contributed by atoms with Crippen LogP contribution in [0.1, 0.15) is 38.2 Å². The molecule has 2 N–H and O–H groups in total. The van der Waals surface area contributed by atoms with Crippen LogP contribution in [-0.2, 0) is 9.84 Å². The number of nitrogens with zero attached hydrogens (tertiary/aromatic N) is 5. The van der Waals surface area contributed by atoms with Crippen LogP contribution < -0.4 is 15.1 Å². The summed E-state index contributed by atoms with van der Waals surface area (Å²) in [5.41, 5.74) is 2.34. The summed E-state index contributed by atoms with van der Waals surface area (Å²) < 4.78 is 23.4. The molecular formula is C28H36N6O3S. The van der Waals surface area contributed by atoms with Gasteiger partial charge in [0.1, 0.15) is 21.5 Å². The Morgan fingerprint density at radius 1 is 1.00 bits per heavy atom. The van der Waals surface area contributed by atoms with Crippen LogP contribution in [0.25, 0.3) is 10.8 Å². The van der Waals surface area contributed by atoms with Gasteiger partial charge in [0.25, 0.3) is 0 Å². The molecule has 1 saturated carbocycles. The van der Waals surface area contributed by atoms with E-state index in [1.165, 1.54) is 11.8 Å². The van der Waals surface area contributed by atoms with Gasteiger partial charge in [-0.05, 0) is 47.9 Å². The molecular weight excluding hydrogens is 500 g/mol. The molecule has 1 aliphatic carbocycles. The first-order chi connectivity index (χ1) is 18.1. The van der Waals surface area contributed by atoms with Gasteiger partial charge < -0.3 is 20.2 Å². The highest BCUT2D eigenvalue weighted by Gasteiger charge is 2.41. The number of piperidine rings is 1. The number of benzene rings is 1. The zero-order valence-corrected chi connectivity index (χ0v) is 23.0. The molecule has 3 aliphatic rings. The van der Waals surface area contributed by atoms with E-state index < -0.39 is 9.84 Å². The normalized spacial score (nSPS) is 23.8. The van der Waals surface area contributed by atoms with Crippen LogP contribution in [0.5, 0.6) is 0 Å². The van der Waals surface area contributed by atoms with Gasteiger partial charge in [-0.25, -0.2) is 18.4 Å². The summed E-state index contributed by atoms with van der Waals surface area (Å²) in [6.45, 7) is 7.43. The Balaban J connectivity index is 1.24. The summed E-state index contributed by atoms with van der Waals surface area (Å²) in [6.07, 6.45) is 6.93. The number of aliphatic hydroxyl groups is 1. The highest BCUT2D eigenvalue weighted by molar-refractivity contribution is 7.90. The van der Waals surface area contributed by atoms with Crippen LogP contribution in [0.15, 0.2) is 36.7 Å². The second kappa shape index (κ2) is 9.64. The highest BCUT2D eigenvalue weighted by Crippen LogP contribution is 2.39. The molecule has 3 fully saturated rings. The second-order valence-electron chi connectivity index (χ2n) is 11.7. The van der Waals surface area contributed by atoms with Crippen LogP contribution in [0, 0.1) is 17.8 Å². The van der Waals surface area contributed by atoms with Gasteiger partial charge in [0, 0.05) is 73.7 Å². The van der Waals surface area contributed by atoms with Gasteiger partial charge in [-0.15, -0.1) is 0 Å². The quantitative estimate of drug-likeness (QED) is 0.468. The van der Waals surface area contributed by atoms with Crippen molar-refractivity contribution in [2.45, 2.75) is 38.7 Å². The van der Waals surface area contributed by atoms with Crippen LogP contribution >= 0.6 is 0 Å². The Morgan fingerprint density at radius 3 is 2.42 bits per heavy atom. The molecule has 6 rings (SSSR count). The molecule has 9 nitrogen and oxygen atoms in total. The molecule has 0 unspecified atom stereocenters. The SMILES string of the molecule is CC(C)c1ccc(N2CC(CS(C)(=O)=O)C2)c2cnc(Nc3ccnc(N4C[C@H]5CC[C@@H](C4)[C@@H]5O)n3)cc12. The maximum Gasteiger partial charge on any atom is 0.227 e. The summed E-state index contributed by atoms with van der Waals surface area (Å²) in [5, 5.41) is 16.0. The van der Waals surface area contributed by atoms with Crippen molar-refractivity contribution in [1.29, 1.82) is 0 Å². The Bertz CT molecular complexity index is 1440. The smallest absolute Gasteiger partial charge is 0.227 e. The summed E-state index contributed by atoms with van der Waals surface area (Å²) in [7, 11) is -2.97. The molecule has 1 aromatic carbocycles. The molecule has 4 heterocycles. The maximum atomic E-state index is 11.7. The van der Waals surface area contributed by atoms with E-state index in [-0.39, 0.29) is 17.8 Å². The van der Waals surface area contributed by atoms with Crippen molar-refractivity contribution in [1.82, 2.24) is 15.0 Å². The molecule has 2 saturated heterocycles. The minimum atomic E-state index is -2.97. The number of aliphatic hydroxyl groups excluding tert-OH is 1. The molecule has 10 heteroatoms. The summed E-state index contributed by atoms with van der Waals surface area (Å²) in [4.78, 5) is 18.5. The first-order valence-electron chi connectivity index (χ1n) is 13.5. The van der Waals surface area contributed by atoms with E-state index in [0.717, 1.165) is 55.5 Å². The first-order valence-corrected chi connectivity index (χ1v) is 15.6. The van der Waals surface area contributed by atoms with Gasteiger partial charge in [0.2, 0.25) is 5.95 Å². The predicted octanol–water partition coefficient (Wildman–Crippen LogP) is 3.58. The molecule has 3 aromatic rings. The number of nitrogens with one attached hydrogen (secondary N) is 1. The van der Waals surface area contributed by atoms with Crippen LogP contribution in [-0.4, -0.2) is 72.8 Å². The number of pyridine rings is 1. The summed E-state index contributed by atoms with van der Waals surface area (Å²) in [6, 6.07) is 8.26. The minimum absolute atomic E-state index is 0.170. The van der Waals surface area contributed by atoms with Crippen molar-refractivity contribution < 1.29 is 13.5 Å². The number of hydrogen-bond donors (Lipinski definition) is 2. The topological polar surface area (TPSA) is 112 Å². The molecule has 0 radical (unpaired) electrons. The number of rotatable bonds is 7. The van der Waals surface area contributed by atoms with Gasteiger partial charge in [-0.3, -0.25) is 0 Å². The van der Waals surface area contributed by atoms with E-state index in [1.54, 1.807) is 6.20 Å². The van der Waals surface area contributed by atoms with E-state index in [2.05, 4.69) is 52.1 Å². The van der Waals surface area contributed by atoms with Gasteiger partial charge >= 0.3 is 0 Å². The Morgan fingerprint density at radius 2 is 1.74 bits per heavy atom. The van der Waals surface area contributed by atoms with Gasteiger partial charge in [-0.2, -0.15) is 4.98 Å². The lowest BCUT2D eigenvalue weighted by atomic mass is 9.93. The van der Waals surface area contributed by atoms with Crippen LogP contribution in [0.3, 0.4) is 0 Å². The Hall–Kier alpha value is -2.98. The van der Waals surface area contributed by atoms with Crippen LogP contribution in [0.4, 0.5) is 23.3 Å². The molecule has 2 bridgehead atoms. The van der Waals surface area contributed by atoms with Crippen molar-refractivity contribution in [2.24, 2.45) is 17.8 Å². The van der Waals surface area contributed by atoms with Crippen molar-refractivity contribution in [3.8, 4) is 0 Å². The first kappa shape index (κ1) is 25.3. The fourth-order valence-electron chi connectivity index (χ4n) is 6.45. The second-order valence-corrected chi connectivity index (χ2v) is 13.9. The standard InChI is InChI=1S/C28H36N6O3S/c1-17(2)21-6-7-24(33-12-18(13-33)16-38(3,36)37)23-11-30-26(10-22(21)23)31-25-8-9-29-28(32-25)34-14-19-4-5-20(15-34)27(19)35/h6-11,17-20,27,35H,4-5,12-16H2,1-3H3,(H,29,30,31,32)/t19-,20+,27-. The van der Waals surface area contributed by atoms with Gasteiger partial charge in [0.05, 0.1) is 11.9 Å². The molecule has 3 atom stereocenters. The average molecular weight is 537 g/mol. The van der Waals surface area contributed by atoms with Crippen molar-refractivity contribution >= 4 is 43.9 Å². The van der Waals surface area contributed by atoms with Crippen molar-refractivity contribution in [3.63, 3.8) is 0 Å². The predicted molar refractivity (Wildman–Crippen MR) is 151 cm³/mol. The Kier molecular flexibility index (Phi) is 6.42. The fraction of sp³-hybridized carbons (Fsp3) is 0.536. The lowest BCUT2D eigenvalue weighted by Gasteiger charge is -2.41. The molecule has 38 heavy (non-hydrogen) atoms. The number of anilines is 4. The van der Waals surface area contributed by atoms with E-state index in [4.69, 9.17) is 9.97 Å². The fourth-order valence-corrected chi connectivity index (χ4v) is 7.52. The zero-order chi connectivity index (χ0) is 26.6. The monoisotopic (exact) mass is 536 g/mol. The number of aromatic nitrogens is 3. The molecule has 0 spiro atoms. The molecule has 202 valence electrons. The number of fused-ring (bicyclic) bond motifs is 3. The molecule has 2 aromatic heterocycles. The van der Waals surface area contributed by atoms with Crippen molar-refractivity contribution in [3.05, 3.63) is 42.2 Å². The largest absolute Gasteiger partial charge is 0.392 e. The number of hydrogen-bond acceptors (Lipinski definition) is 9. The third kappa shape index (κ3) is 4.91. The van der Waals surface area contributed by atoms with Crippen LogP contribution in [0.2, 0.25) is 0 Å². The average Bonchev–Trinajstić information content (AvgIpc) is 3.04. The summed E-state index contributed by atoms with van der Waals surface area (Å²) in [5.74, 6) is 3.43. The summed E-state index contributed by atoms with van der Waals surface area (Å²) >= 11 is 0. The van der Waals surface area contributed by atoms with Gasteiger partial charge in [0.15, 0.2) is 0 Å². The minimum Gasteiger partial charge on any atom is -0.392 e. The van der Waals surface area contributed by atoms with Crippen molar-refractivity contribution in [2.75, 3.05) is 53.3 Å².